The van der Waals surface area contributed by atoms with Crippen LogP contribution in [-0.2, 0) is 4.79 Å². The molecule has 5 nitrogen and oxygen atoms in total. The fourth-order valence-corrected chi connectivity index (χ4v) is 3.33. The first kappa shape index (κ1) is 14.5. The highest BCUT2D eigenvalue weighted by molar-refractivity contribution is 5.79. The van der Waals surface area contributed by atoms with Gasteiger partial charge in [-0.05, 0) is 44.6 Å². The third-order valence-corrected chi connectivity index (χ3v) is 4.66. The Morgan fingerprint density at radius 3 is 2.86 bits per heavy atom. The van der Waals surface area contributed by atoms with Gasteiger partial charge in [0.2, 0.25) is 5.91 Å². The molecule has 3 heterocycles. The van der Waals surface area contributed by atoms with Crippen LogP contribution in [0.1, 0.15) is 24.4 Å². The van der Waals surface area contributed by atoms with Crippen LogP contribution < -0.4 is 5.32 Å². The van der Waals surface area contributed by atoms with Crippen molar-refractivity contribution in [2.24, 2.45) is 5.92 Å². The number of hydrogen-bond donors (Lipinski definition) is 1. The Morgan fingerprint density at radius 1 is 1.33 bits per heavy atom. The average Bonchev–Trinajstić information content (AvgIpc) is 2.56. The molecule has 1 N–H and O–H groups in total. The number of likely N-dealkylation sites (tertiary alicyclic amines) is 1. The number of rotatable bonds is 2. The van der Waals surface area contributed by atoms with E-state index < -0.39 is 0 Å². The zero-order valence-electron chi connectivity index (χ0n) is 12.7. The van der Waals surface area contributed by atoms with Gasteiger partial charge in [0.1, 0.15) is 0 Å². The normalized spacial score (nSPS) is 25.0. The summed E-state index contributed by atoms with van der Waals surface area (Å²) in [6.45, 7) is 4.56. The number of piperazine rings is 1. The predicted octanol–water partition coefficient (Wildman–Crippen LogP) is 0.896. The molecule has 0 aliphatic carbocycles. The Kier molecular flexibility index (Phi) is 4.51. The summed E-state index contributed by atoms with van der Waals surface area (Å²) in [7, 11) is 2.13. The van der Waals surface area contributed by atoms with E-state index in [1.54, 1.807) is 6.20 Å². The van der Waals surface area contributed by atoms with Gasteiger partial charge in [0.25, 0.3) is 0 Å². The van der Waals surface area contributed by atoms with Gasteiger partial charge in [-0.3, -0.25) is 9.78 Å². The number of amides is 1. The van der Waals surface area contributed by atoms with E-state index in [2.05, 4.69) is 33.2 Å². The van der Waals surface area contributed by atoms with Gasteiger partial charge in [-0.1, -0.05) is 6.07 Å². The van der Waals surface area contributed by atoms with Crippen LogP contribution in [0.4, 0.5) is 0 Å². The molecule has 1 aromatic heterocycles. The maximum atomic E-state index is 12.9. The molecule has 2 aliphatic heterocycles. The largest absolute Gasteiger partial charge is 0.333 e. The lowest BCUT2D eigenvalue weighted by atomic mass is 9.93. The lowest BCUT2D eigenvalue weighted by molar-refractivity contribution is -0.140. The van der Waals surface area contributed by atoms with Crippen molar-refractivity contribution in [2.45, 2.75) is 18.9 Å². The molecule has 5 heteroatoms. The number of carbonyl (C=O) groups is 1. The van der Waals surface area contributed by atoms with Crippen molar-refractivity contribution in [3.05, 3.63) is 30.1 Å². The van der Waals surface area contributed by atoms with Crippen molar-refractivity contribution in [1.82, 2.24) is 20.1 Å². The van der Waals surface area contributed by atoms with Gasteiger partial charge in [0.15, 0.2) is 0 Å². The molecule has 1 aromatic rings. The second-order valence-corrected chi connectivity index (χ2v) is 6.12. The second-order valence-electron chi connectivity index (χ2n) is 6.12. The highest BCUT2D eigenvalue weighted by Crippen LogP contribution is 2.26. The smallest absolute Gasteiger partial charge is 0.226 e. The molecule has 0 radical (unpaired) electrons. The monoisotopic (exact) mass is 288 g/mol. The lowest BCUT2D eigenvalue weighted by Gasteiger charge is -2.40. The van der Waals surface area contributed by atoms with Crippen molar-refractivity contribution in [2.75, 3.05) is 39.8 Å². The number of piperidine rings is 1. The first-order chi connectivity index (χ1) is 10.3. The van der Waals surface area contributed by atoms with Crippen LogP contribution in [0.5, 0.6) is 0 Å². The van der Waals surface area contributed by atoms with Gasteiger partial charge in [0, 0.05) is 37.9 Å². The molecule has 0 saturated carbocycles. The molecule has 1 unspecified atom stereocenters. The number of pyridine rings is 1. The molecule has 3 rings (SSSR count). The van der Waals surface area contributed by atoms with Crippen molar-refractivity contribution in [1.29, 1.82) is 0 Å². The van der Waals surface area contributed by atoms with E-state index in [-0.39, 0.29) is 12.0 Å². The molecule has 114 valence electrons. The number of nitrogens with one attached hydrogen (secondary N) is 1. The van der Waals surface area contributed by atoms with E-state index in [0.717, 1.165) is 51.1 Å². The highest BCUT2D eigenvalue weighted by atomic mass is 16.2. The van der Waals surface area contributed by atoms with E-state index in [1.165, 1.54) is 0 Å². The molecule has 0 aromatic carbocycles. The lowest BCUT2D eigenvalue weighted by Crippen LogP contribution is -2.51. The molecule has 1 atom stereocenters. The van der Waals surface area contributed by atoms with Gasteiger partial charge < -0.3 is 15.1 Å². The minimum absolute atomic E-state index is 0.125. The minimum Gasteiger partial charge on any atom is -0.333 e. The number of hydrogen-bond acceptors (Lipinski definition) is 4. The third-order valence-electron chi connectivity index (χ3n) is 4.66. The Hall–Kier alpha value is -1.46. The Bertz CT molecular complexity index is 470. The standard InChI is InChI=1S/C16H24N4O/c1-19-8-4-13(5-9-19)16(21)20-10-7-18-12-15(20)14-3-2-6-17-11-14/h2-3,6,11,13,15,18H,4-5,7-10,12H2,1H3. The van der Waals surface area contributed by atoms with E-state index in [9.17, 15) is 4.79 Å². The molecule has 21 heavy (non-hydrogen) atoms. The number of nitrogens with zero attached hydrogens (tertiary/aromatic N) is 3. The zero-order valence-corrected chi connectivity index (χ0v) is 12.7. The maximum absolute atomic E-state index is 12.9. The fourth-order valence-electron chi connectivity index (χ4n) is 3.33. The molecule has 2 saturated heterocycles. The van der Waals surface area contributed by atoms with Crippen molar-refractivity contribution < 1.29 is 4.79 Å². The average molecular weight is 288 g/mol. The molecular formula is C16H24N4O. The maximum Gasteiger partial charge on any atom is 0.226 e. The fraction of sp³-hybridized carbons (Fsp3) is 0.625. The van der Waals surface area contributed by atoms with Crippen molar-refractivity contribution in [3.8, 4) is 0 Å². The first-order valence-corrected chi connectivity index (χ1v) is 7.85. The van der Waals surface area contributed by atoms with E-state index in [4.69, 9.17) is 0 Å². The predicted molar refractivity (Wildman–Crippen MR) is 81.8 cm³/mol. The summed E-state index contributed by atoms with van der Waals surface area (Å²) in [4.78, 5) is 21.5. The summed E-state index contributed by atoms with van der Waals surface area (Å²) in [5.74, 6) is 0.525. The third kappa shape index (κ3) is 3.24. The van der Waals surface area contributed by atoms with Gasteiger partial charge in [-0.2, -0.15) is 0 Å². The molecular weight excluding hydrogens is 264 g/mol. The van der Waals surface area contributed by atoms with Gasteiger partial charge in [-0.25, -0.2) is 0 Å². The van der Waals surface area contributed by atoms with Crippen molar-refractivity contribution in [3.63, 3.8) is 0 Å². The van der Waals surface area contributed by atoms with Gasteiger partial charge in [0.05, 0.1) is 6.04 Å². The van der Waals surface area contributed by atoms with E-state index >= 15 is 0 Å². The Labute approximate surface area is 126 Å². The molecule has 2 aliphatic rings. The summed E-state index contributed by atoms with van der Waals surface area (Å²) in [5.41, 5.74) is 1.13. The topological polar surface area (TPSA) is 48.5 Å². The van der Waals surface area contributed by atoms with Crippen LogP contribution in [0.25, 0.3) is 0 Å². The van der Waals surface area contributed by atoms with Crippen molar-refractivity contribution >= 4 is 5.91 Å². The molecule has 2 fully saturated rings. The summed E-state index contributed by atoms with van der Waals surface area (Å²) >= 11 is 0. The van der Waals surface area contributed by atoms with E-state index in [1.807, 2.05) is 12.3 Å². The minimum atomic E-state index is 0.125. The van der Waals surface area contributed by atoms with Crippen LogP contribution >= 0.6 is 0 Å². The highest BCUT2D eigenvalue weighted by Gasteiger charge is 2.33. The number of aromatic nitrogens is 1. The zero-order chi connectivity index (χ0) is 14.7. The SMILES string of the molecule is CN1CCC(C(=O)N2CCNCC2c2cccnc2)CC1. The van der Waals surface area contributed by atoms with Crippen LogP contribution in [0.3, 0.4) is 0 Å². The molecule has 0 spiro atoms. The first-order valence-electron chi connectivity index (χ1n) is 7.85. The summed E-state index contributed by atoms with van der Waals surface area (Å²) in [6.07, 6.45) is 5.63. The van der Waals surface area contributed by atoms with Gasteiger partial charge in [-0.15, -0.1) is 0 Å². The second kappa shape index (κ2) is 6.54. The van der Waals surface area contributed by atoms with E-state index in [0.29, 0.717) is 5.91 Å². The summed E-state index contributed by atoms with van der Waals surface area (Å²) in [5, 5.41) is 3.40. The molecule has 0 bridgehead atoms. The summed E-state index contributed by atoms with van der Waals surface area (Å²) in [6, 6.07) is 4.14. The Morgan fingerprint density at radius 2 is 2.14 bits per heavy atom. The Balaban J connectivity index is 1.73. The quantitative estimate of drug-likeness (QED) is 0.878. The van der Waals surface area contributed by atoms with Crippen LogP contribution in [0.2, 0.25) is 0 Å². The number of carbonyl (C=O) groups excluding carboxylic acids is 1. The van der Waals surface area contributed by atoms with Crippen LogP contribution in [-0.4, -0.2) is 60.5 Å². The van der Waals surface area contributed by atoms with Crippen LogP contribution in [0, 0.1) is 5.92 Å². The van der Waals surface area contributed by atoms with Crippen LogP contribution in [0.15, 0.2) is 24.5 Å². The summed E-state index contributed by atoms with van der Waals surface area (Å²) < 4.78 is 0. The molecule has 1 amide bonds. The van der Waals surface area contributed by atoms with Gasteiger partial charge >= 0.3 is 0 Å².